The van der Waals surface area contributed by atoms with E-state index in [4.69, 9.17) is 14.2 Å². The van der Waals surface area contributed by atoms with Crippen LogP contribution in [0.4, 0.5) is 0 Å². The molecule has 0 N–H and O–H groups in total. The van der Waals surface area contributed by atoms with Gasteiger partial charge in [0.25, 0.3) is 0 Å². The molecule has 0 aliphatic heterocycles. The number of ether oxygens (including phenoxy) is 4. The zero-order chi connectivity index (χ0) is 17.4. The van der Waals surface area contributed by atoms with Gasteiger partial charge in [-0.05, 0) is 48.9 Å². The Balaban J connectivity index is 1.74. The van der Waals surface area contributed by atoms with Crippen LogP contribution in [0.1, 0.15) is 22.3 Å². The minimum Gasteiger partial charge on any atom is -0.493 e. The van der Waals surface area contributed by atoms with Crippen LogP contribution in [0.15, 0.2) is 42.5 Å². The topological polar surface area (TPSA) is 54.0 Å². The molecule has 0 spiro atoms. The van der Waals surface area contributed by atoms with Gasteiger partial charge in [0.05, 0.1) is 33.0 Å². The fourth-order valence-corrected chi connectivity index (χ4v) is 2.13. The summed E-state index contributed by atoms with van der Waals surface area (Å²) in [6.07, 6.45) is 0.732. The van der Waals surface area contributed by atoms with E-state index in [-0.39, 0.29) is 5.97 Å². The molecule has 0 bridgehead atoms. The lowest BCUT2D eigenvalue weighted by molar-refractivity contribution is 0.0600. The van der Waals surface area contributed by atoms with E-state index < -0.39 is 0 Å². The highest BCUT2D eigenvalue weighted by molar-refractivity contribution is 5.89. The van der Waals surface area contributed by atoms with E-state index in [0.29, 0.717) is 24.5 Å². The normalized spacial score (nSPS) is 10.1. The van der Waals surface area contributed by atoms with Crippen molar-refractivity contribution >= 4 is 5.97 Å². The van der Waals surface area contributed by atoms with Crippen molar-refractivity contribution in [1.82, 2.24) is 0 Å². The second kappa shape index (κ2) is 8.82. The zero-order valence-corrected chi connectivity index (χ0v) is 14.2. The third-order valence-electron chi connectivity index (χ3n) is 3.41. The van der Waals surface area contributed by atoms with E-state index >= 15 is 0 Å². The summed E-state index contributed by atoms with van der Waals surface area (Å²) in [6, 6.07) is 12.7. The van der Waals surface area contributed by atoms with Crippen molar-refractivity contribution in [3.63, 3.8) is 0 Å². The van der Waals surface area contributed by atoms with Gasteiger partial charge in [0.2, 0.25) is 0 Å². The Morgan fingerprint density at radius 2 is 1.62 bits per heavy atom. The number of esters is 1. The lowest BCUT2D eigenvalue weighted by Crippen LogP contribution is -2.06. The van der Waals surface area contributed by atoms with E-state index in [1.165, 1.54) is 7.11 Å². The summed E-state index contributed by atoms with van der Waals surface area (Å²) in [7, 11) is 2.98. The standard InChI is InChI=1S/C19H22O5/c1-14-5-10-17(18(13-14)21-2)24-12-4-11-23-16-8-6-15(7-9-16)19(20)22-3/h5-10,13H,4,11-12H2,1-3H3. The summed E-state index contributed by atoms with van der Waals surface area (Å²) in [4.78, 5) is 11.3. The number of rotatable bonds is 8. The highest BCUT2D eigenvalue weighted by Gasteiger charge is 2.05. The largest absolute Gasteiger partial charge is 0.493 e. The molecule has 0 saturated carbocycles. The number of carbonyl (C=O) groups is 1. The van der Waals surface area contributed by atoms with Gasteiger partial charge in [-0.3, -0.25) is 0 Å². The number of aryl methyl sites for hydroxylation is 1. The van der Waals surface area contributed by atoms with Crippen LogP contribution in [-0.2, 0) is 4.74 Å². The molecule has 2 aromatic rings. The van der Waals surface area contributed by atoms with Crippen LogP contribution in [-0.4, -0.2) is 33.4 Å². The Kier molecular flexibility index (Phi) is 6.49. The minimum atomic E-state index is -0.359. The first kappa shape index (κ1) is 17.7. The van der Waals surface area contributed by atoms with Gasteiger partial charge in [0.1, 0.15) is 5.75 Å². The van der Waals surface area contributed by atoms with Crippen LogP contribution in [0.5, 0.6) is 17.2 Å². The van der Waals surface area contributed by atoms with Gasteiger partial charge in [-0.1, -0.05) is 6.07 Å². The summed E-state index contributed by atoms with van der Waals surface area (Å²) >= 11 is 0. The van der Waals surface area contributed by atoms with Gasteiger partial charge in [-0.15, -0.1) is 0 Å². The first-order valence-electron chi connectivity index (χ1n) is 7.72. The fourth-order valence-electron chi connectivity index (χ4n) is 2.13. The molecule has 0 aromatic heterocycles. The smallest absolute Gasteiger partial charge is 0.337 e. The molecule has 2 rings (SSSR count). The molecule has 0 radical (unpaired) electrons. The van der Waals surface area contributed by atoms with Gasteiger partial charge in [-0.25, -0.2) is 4.79 Å². The van der Waals surface area contributed by atoms with Crippen molar-refractivity contribution in [2.24, 2.45) is 0 Å². The van der Waals surface area contributed by atoms with Gasteiger partial charge < -0.3 is 18.9 Å². The average Bonchev–Trinajstić information content (AvgIpc) is 2.62. The van der Waals surface area contributed by atoms with E-state index in [9.17, 15) is 4.79 Å². The number of hydrogen-bond acceptors (Lipinski definition) is 5. The molecule has 0 fully saturated rings. The molecule has 0 heterocycles. The third-order valence-corrected chi connectivity index (χ3v) is 3.41. The van der Waals surface area contributed by atoms with E-state index in [0.717, 1.165) is 23.5 Å². The number of hydrogen-bond donors (Lipinski definition) is 0. The molecule has 0 amide bonds. The van der Waals surface area contributed by atoms with Crippen molar-refractivity contribution in [3.8, 4) is 17.2 Å². The number of benzene rings is 2. The molecule has 5 nitrogen and oxygen atoms in total. The van der Waals surface area contributed by atoms with E-state index in [2.05, 4.69) is 4.74 Å². The van der Waals surface area contributed by atoms with Crippen LogP contribution in [0.2, 0.25) is 0 Å². The monoisotopic (exact) mass is 330 g/mol. The maximum Gasteiger partial charge on any atom is 0.337 e. The Morgan fingerprint density at radius 1 is 0.917 bits per heavy atom. The highest BCUT2D eigenvalue weighted by Crippen LogP contribution is 2.27. The van der Waals surface area contributed by atoms with Gasteiger partial charge in [0, 0.05) is 6.42 Å². The average molecular weight is 330 g/mol. The van der Waals surface area contributed by atoms with Gasteiger partial charge in [0.15, 0.2) is 11.5 Å². The first-order chi connectivity index (χ1) is 11.6. The first-order valence-corrected chi connectivity index (χ1v) is 7.72. The molecular weight excluding hydrogens is 308 g/mol. The predicted molar refractivity (Wildman–Crippen MR) is 91.1 cm³/mol. The van der Waals surface area contributed by atoms with Crippen molar-refractivity contribution in [2.45, 2.75) is 13.3 Å². The van der Waals surface area contributed by atoms with Crippen molar-refractivity contribution < 1.29 is 23.7 Å². The van der Waals surface area contributed by atoms with Crippen LogP contribution in [0.3, 0.4) is 0 Å². The molecule has 0 unspecified atom stereocenters. The van der Waals surface area contributed by atoms with E-state index in [1.807, 2.05) is 25.1 Å². The molecule has 2 aromatic carbocycles. The lowest BCUT2D eigenvalue weighted by Gasteiger charge is -2.11. The quantitative estimate of drug-likeness (QED) is 0.546. The Morgan fingerprint density at radius 3 is 2.29 bits per heavy atom. The Hall–Kier alpha value is -2.69. The lowest BCUT2D eigenvalue weighted by atomic mass is 10.2. The van der Waals surface area contributed by atoms with Crippen LogP contribution in [0.25, 0.3) is 0 Å². The van der Waals surface area contributed by atoms with Crippen LogP contribution < -0.4 is 14.2 Å². The fraction of sp³-hybridized carbons (Fsp3) is 0.316. The molecule has 0 atom stereocenters. The summed E-state index contributed by atoms with van der Waals surface area (Å²) in [5, 5.41) is 0. The molecule has 24 heavy (non-hydrogen) atoms. The van der Waals surface area contributed by atoms with Crippen molar-refractivity contribution in [2.75, 3.05) is 27.4 Å². The summed E-state index contributed by atoms with van der Waals surface area (Å²) < 4.78 is 21.3. The zero-order valence-electron chi connectivity index (χ0n) is 14.2. The molecular formula is C19H22O5. The molecule has 128 valence electrons. The number of methoxy groups -OCH3 is 2. The van der Waals surface area contributed by atoms with Crippen LogP contribution >= 0.6 is 0 Å². The maximum absolute atomic E-state index is 11.3. The van der Waals surface area contributed by atoms with Crippen molar-refractivity contribution in [1.29, 1.82) is 0 Å². The summed E-state index contributed by atoms with van der Waals surface area (Å²) in [5.41, 5.74) is 1.62. The SMILES string of the molecule is COC(=O)c1ccc(OCCCOc2ccc(C)cc2OC)cc1. The van der Waals surface area contributed by atoms with Crippen molar-refractivity contribution in [3.05, 3.63) is 53.6 Å². The predicted octanol–water partition coefficient (Wildman–Crippen LogP) is 3.64. The minimum absolute atomic E-state index is 0.359. The summed E-state index contributed by atoms with van der Waals surface area (Å²) in [5.74, 6) is 1.80. The van der Waals surface area contributed by atoms with Gasteiger partial charge >= 0.3 is 5.97 Å². The van der Waals surface area contributed by atoms with Gasteiger partial charge in [-0.2, -0.15) is 0 Å². The Labute approximate surface area is 142 Å². The van der Waals surface area contributed by atoms with E-state index in [1.54, 1.807) is 31.4 Å². The highest BCUT2D eigenvalue weighted by atomic mass is 16.5. The molecule has 0 saturated heterocycles. The second-order valence-electron chi connectivity index (χ2n) is 5.22. The molecule has 0 aliphatic rings. The number of carbonyl (C=O) groups excluding carboxylic acids is 1. The van der Waals surface area contributed by atoms with Crippen LogP contribution in [0, 0.1) is 6.92 Å². The summed E-state index contributed by atoms with van der Waals surface area (Å²) in [6.45, 7) is 3.05. The molecule has 0 aliphatic carbocycles. The molecule has 5 heteroatoms. The third kappa shape index (κ3) is 4.91. The maximum atomic E-state index is 11.3. The second-order valence-corrected chi connectivity index (χ2v) is 5.22. The Bertz CT molecular complexity index is 664.